The maximum absolute atomic E-state index is 15.7. The molecule has 12 heteroatoms. The number of hydrogen-bond donors (Lipinski definition) is 2. The Morgan fingerprint density at radius 3 is 2.68 bits per heavy atom. The van der Waals surface area contributed by atoms with Crippen molar-refractivity contribution >= 4 is 40.2 Å². The second-order valence-electron chi connectivity index (χ2n) is 10.2. The molecule has 0 spiro atoms. The molecule has 1 saturated heterocycles. The fourth-order valence-electron chi connectivity index (χ4n) is 5.31. The number of carbonyl (C=O) groups excluding carboxylic acids is 1. The van der Waals surface area contributed by atoms with Crippen LogP contribution in [-0.4, -0.2) is 53.5 Å². The Morgan fingerprint density at radius 1 is 1.24 bits per heavy atom. The number of aromatic nitrogens is 1. The molecule has 1 fully saturated rings. The third-order valence-corrected chi connectivity index (χ3v) is 9.08. The van der Waals surface area contributed by atoms with E-state index < -0.39 is 29.2 Å². The number of fused-ring (bicyclic) bond motifs is 1. The van der Waals surface area contributed by atoms with Crippen molar-refractivity contribution in [1.29, 1.82) is 0 Å². The van der Waals surface area contributed by atoms with Gasteiger partial charge in [0.25, 0.3) is 0 Å². The number of piperidine rings is 1. The Labute approximate surface area is 245 Å². The molecule has 1 aromatic heterocycles. The fourth-order valence-corrected chi connectivity index (χ4v) is 6.48. The molecule has 6 nitrogen and oxygen atoms in total. The van der Waals surface area contributed by atoms with Crippen molar-refractivity contribution in [3.8, 4) is 5.75 Å². The number of benzene rings is 2. The van der Waals surface area contributed by atoms with Gasteiger partial charge in [-0.3, -0.25) is 15.0 Å². The molecule has 1 aliphatic rings. The first kappa shape index (κ1) is 31.3. The van der Waals surface area contributed by atoms with Gasteiger partial charge in [-0.05, 0) is 93.9 Å². The predicted octanol–water partition coefficient (Wildman–Crippen LogP) is 7.48. The molecule has 41 heavy (non-hydrogen) atoms. The molecule has 2 heterocycles. The quantitative estimate of drug-likeness (QED) is 0.0768. The van der Waals surface area contributed by atoms with E-state index >= 15 is 4.39 Å². The van der Waals surface area contributed by atoms with Gasteiger partial charge in [0.1, 0.15) is 11.9 Å². The minimum absolute atomic E-state index is 0.0249. The van der Waals surface area contributed by atoms with E-state index in [2.05, 4.69) is 9.88 Å². The number of carbonyl (C=O) groups is 1. The highest BCUT2D eigenvalue weighted by atomic mass is 35.5. The summed E-state index contributed by atoms with van der Waals surface area (Å²) >= 11 is 7.74. The van der Waals surface area contributed by atoms with Crippen molar-refractivity contribution in [3.63, 3.8) is 0 Å². The molecular formula is C29H32ClF4N3O3S. The second kappa shape index (κ2) is 13.6. The molecule has 0 saturated carbocycles. The maximum Gasteiger partial charge on any atom is 0.416 e. The van der Waals surface area contributed by atoms with Crippen molar-refractivity contribution in [3.05, 3.63) is 64.8 Å². The third-order valence-electron chi connectivity index (χ3n) is 7.70. The van der Waals surface area contributed by atoms with Gasteiger partial charge in [0, 0.05) is 22.0 Å². The molecule has 2 N–H and O–H groups in total. The molecule has 1 unspecified atom stereocenters. The van der Waals surface area contributed by atoms with Crippen LogP contribution < -0.4 is 10.2 Å². The van der Waals surface area contributed by atoms with E-state index in [4.69, 9.17) is 16.3 Å². The van der Waals surface area contributed by atoms with Crippen LogP contribution in [0.3, 0.4) is 0 Å². The van der Waals surface area contributed by atoms with E-state index in [1.807, 2.05) is 0 Å². The number of pyridine rings is 1. The van der Waals surface area contributed by atoms with Gasteiger partial charge in [-0.1, -0.05) is 17.7 Å². The van der Waals surface area contributed by atoms with E-state index in [-0.39, 0.29) is 17.9 Å². The van der Waals surface area contributed by atoms with Gasteiger partial charge in [-0.25, -0.2) is 9.87 Å². The highest BCUT2D eigenvalue weighted by molar-refractivity contribution is 7.99. The minimum atomic E-state index is -4.37. The average Bonchev–Trinajstić information content (AvgIpc) is 2.97. The van der Waals surface area contributed by atoms with E-state index in [0.29, 0.717) is 58.8 Å². The van der Waals surface area contributed by atoms with E-state index in [1.165, 1.54) is 31.1 Å². The number of nitrogens with one attached hydrogen (secondary N) is 1. The van der Waals surface area contributed by atoms with Crippen LogP contribution in [0.1, 0.15) is 49.4 Å². The number of hydroxylamine groups is 1. The molecule has 0 aliphatic carbocycles. The number of rotatable bonds is 11. The van der Waals surface area contributed by atoms with Crippen LogP contribution >= 0.6 is 23.4 Å². The zero-order valence-electron chi connectivity index (χ0n) is 22.5. The number of nitrogens with zero attached hydrogens (tertiary/aromatic N) is 2. The summed E-state index contributed by atoms with van der Waals surface area (Å²) in [5.41, 5.74) is 1.06. The van der Waals surface area contributed by atoms with Crippen molar-refractivity contribution in [2.45, 2.75) is 49.3 Å². The number of alkyl halides is 4. The molecule has 0 radical (unpaired) electrons. The van der Waals surface area contributed by atoms with Crippen LogP contribution in [0.15, 0.2) is 53.6 Å². The average molecular weight is 614 g/mol. The van der Waals surface area contributed by atoms with E-state index in [0.717, 1.165) is 25.1 Å². The van der Waals surface area contributed by atoms with Gasteiger partial charge in [-0.15, -0.1) is 11.8 Å². The van der Waals surface area contributed by atoms with Crippen molar-refractivity contribution in [2.75, 3.05) is 32.5 Å². The lowest BCUT2D eigenvalue weighted by Gasteiger charge is -2.40. The molecular weight excluding hydrogens is 582 g/mol. The van der Waals surface area contributed by atoms with Gasteiger partial charge in [0.05, 0.1) is 28.6 Å². The minimum Gasteiger partial charge on any atom is -0.497 e. The zero-order chi connectivity index (χ0) is 29.6. The molecule has 0 bridgehead atoms. The molecule has 1 atom stereocenters. The van der Waals surface area contributed by atoms with Gasteiger partial charge >= 0.3 is 6.18 Å². The largest absolute Gasteiger partial charge is 0.497 e. The number of amides is 1. The van der Waals surface area contributed by atoms with Gasteiger partial charge in [0.15, 0.2) is 0 Å². The summed E-state index contributed by atoms with van der Waals surface area (Å²) in [7, 11) is 1.52. The molecule has 2 aromatic carbocycles. The van der Waals surface area contributed by atoms with Crippen LogP contribution in [0.25, 0.3) is 10.9 Å². The predicted molar refractivity (Wildman–Crippen MR) is 151 cm³/mol. The number of methoxy groups -OCH3 is 1. The first-order valence-corrected chi connectivity index (χ1v) is 14.7. The molecule has 222 valence electrons. The van der Waals surface area contributed by atoms with Crippen LogP contribution in [0.2, 0.25) is 5.02 Å². The first-order valence-electron chi connectivity index (χ1n) is 13.3. The van der Waals surface area contributed by atoms with Crippen LogP contribution in [0, 0.1) is 5.41 Å². The normalized spacial score (nSPS) is 16.5. The number of likely N-dealkylation sites (tertiary alicyclic amines) is 1. The van der Waals surface area contributed by atoms with E-state index in [1.54, 1.807) is 29.7 Å². The summed E-state index contributed by atoms with van der Waals surface area (Å²) in [5.74, 6) is 0.665. The van der Waals surface area contributed by atoms with Crippen molar-refractivity contribution < 1.29 is 32.3 Å². The van der Waals surface area contributed by atoms with Crippen molar-refractivity contribution in [2.24, 2.45) is 5.41 Å². The summed E-state index contributed by atoms with van der Waals surface area (Å²) in [5, 5.41) is 10.2. The number of ether oxygens (including phenoxy) is 1. The molecule has 1 aliphatic heterocycles. The number of hydrogen-bond acceptors (Lipinski definition) is 6. The van der Waals surface area contributed by atoms with Crippen LogP contribution in [-0.2, 0) is 11.0 Å². The summed E-state index contributed by atoms with van der Waals surface area (Å²) in [6.45, 7) is 1.87. The lowest BCUT2D eigenvalue weighted by molar-refractivity contribution is -0.143. The Bertz CT molecular complexity index is 1350. The maximum atomic E-state index is 15.7. The summed E-state index contributed by atoms with van der Waals surface area (Å²) in [6.07, 6.45) is -2.55. The summed E-state index contributed by atoms with van der Waals surface area (Å²) in [6, 6.07) is 10.4. The summed E-state index contributed by atoms with van der Waals surface area (Å²) < 4.78 is 59.9. The zero-order valence-corrected chi connectivity index (χ0v) is 24.1. The van der Waals surface area contributed by atoms with Crippen LogP contribution in [0.4, 0.5) is 17.6 Å². The molecule has 4 rings (SSSR count). The molecule has 3 aromatic rings. The first-order chi connectivity index (χ1) is 19.6. The lowest BCUT2D eigenvalue weighted by atomic mass is 9.73. The lowest BCUT2D eigenvalue weighted by Crippen LogP contribution is -2.48. The highest BCUT2D eigenvalue weighted by Crippen LogP contribution is 2.42. The SMILES string of the molecule is COc1ccc2ncc(Cl)c(C(F)CCC3(C(=O)NO)CCN(CCCSc4cccc(C(F)(F)F)c4)CC3)c2c1. The highest BCUT2D eigenvalue weighted by Gasteiger charge is 2.41. The topological polar surface area (TPSA) is 74.7 Å². The number of halogens is 5. The van der Waals surface area contributed by atoms with Crippen LogP contribution in [0.5, 0.6) is 5.75 Å². The Hall–Kier alpha value is -2.60. The van der Waals surface area contributed by atoms with E-state index in [9.17, 15) is 23.2 Å². The molecule has 1 amide bonds. The Balaban J connectivity index is 1.33. The monoisotopic (exact) mass is 613 g/mol. The van der Waals surface area contributed by atoms with Gasteiger partial charge < -0.3 is 9.64 Å². The second-order valence-corrected chi connectivity index (χ2v) is 11.8. The Morgan fingerprint density at radius 2 is 2.00 bits per heavy atom. The summed E-state index contributed by atoms with van der Waals surface area (Å²) in [4.78, 5) is 19.8. The Kier molecular flexibility index (Phi) is 10.4. The smallest absolute Gasteiger partial charge is 0.416 e. The van der Waals surface area contributed by atoms with Gasteiger partial charge in [-0.2, -0.15) is 13.2 Å². The third kappa shape index (κ3) is 7.63. The fraction of sp³-hybridized carbons (Fsp3) is 0.448. The van der Waals surface area contributed by atoms with Gasteiger partial charge in [0.2, 0.25) is 5.91 Å². The standard InChI is InChI=1S/C29H32ClF4N3O3S/c1-40-20-6-7-25-22(17-20)26(23(30)18-35-25)24(31)8-9-28(27(38)36-39)10-13-37(14-11-28)12-3-15-41-21-5-2-4-19(16-21)29(32,33)34/h2,4-7,16-18,24,39H,3,8-15H2,1H3,(H,36,38). The van der Waals surface area contributed by atoms with Crippen molar-refractivity contribution in [1.82, 2.24) is 15.4 Å². The number of thioether (sulfide) groups is 1.